The van der Waals surface area contributed by atoms with E-state index in [0.717, 1.165) is 88.6 Å². The molecule has 5 heterocycles. The van der Waals surface area contributed by atoms with E-state index in [1.54, 1.807) is 12.5 Å². The molecular weight excluding hydrogens is 564 g/mol. The number of pyridine rings is 4. The molecule has 0 atom stereocenters. The fourth-order valence-corrected chi connectivity index (χ4v) is 6.04. The number of nitrogens with zero attached hydrogens (tertiary/aromatic N) is 6. The molecule has 9 rings (SSSR count). The second-order valence-corrected chi connectivity index (χ2v) is 11.3. The summed E-state index contributed by atoms with van der Waals surface area (Å²) in [5.74, 6) is 0. The number of hydrogen-bond acceptors (Lipinski definition) is 6. The fraction of sp³-hybridized carbons (Fsp3) is 0. The molecule has 5 aromatic heterocycles. The van der Waals surface area contributed by atoms with Crippen LogP contribution in [0.15, 0.2) is 146 Å². The van der Waals surface area contributed by atoms with Crippen molar-refractivity contribution < 1.29 is 0 Å². The number of fused-ring (bicyclic) bond motifs is 5. The molecule has 0 saturated carbocycles. The van der Waals surface area contributed by atoms with Crippen molar-refractivity contribution >= 4 is 43.6 Å². The molecule has 0 saturated heterocycles. The molecule has 214 valence electrons. The van der Waals surface area contributed by atoms with Crippen LogP contribution in [0, 0.1) is 0 Å². The van der Waals surface area contributed by atoms with Gasteiger partial charge in [-0.25, -0.2) is 24.9 Å². The molecule has 0 unspecified atom stereocenters. The molecule has 0 spiro atoms. The highest BCUT2D eigenvalue weighted by molar-refractivity contribution is 6.03. The quantitative estimate of drug-likeness (QED) is 0.191. The smallest absolute Gasteiger partial charge is 0.116 e. The Morgan fingerprint density at radius 1 is 0.348 bits per heavy atom. The third-order valence-corrected chi connectivity index (χ3v) is 8.47. The van der Waals surface area contributed by atoms with Crippen LogP contribution in [0.3, 0.4) is 0 Å². The van der Waals surface area contributed by atoms with E-state index in [2.05, 4.69) is 124 Å². The maximum Gasteiger partial charge on any atom is 0.116 e. The van der Waals surface area contributed by atoms with Crippen molar-refractivity contribution in [2.24, 2.45) is 0 Å². The first-order chi connectivity index (χ1) is 22.7. The number of rotatable bonds is 4. The lowest BCUT2D eigenvalue weighted by Gasteiger charge is -2.09. The summed E-state index contributed by atoms with van der Waals surface area (Å²) in [6, 6.07) is 43.8. The molecular formula is C40H24N6. The zero-order valence-corrected chi connectivity index (χ0v) is 24.5. The summed E-state index contributed by atoms with van der Waals surface area (Å²) in [5.41, 5.74) is 11.4. The Balaban J connectivity index is 1.04. The largest absolute Gasteiger partial charge is 0.254 e. The minimum Gasteiger partial charge on any atom is -0.254 e. The van der Waals surface area contributed by atoms with Gasteiger partial charge in [0.2, 0.25) is 0 Å². The van der Waals surface area contributed by atoms with Gasteiger partial charge < -0.3 is 0 Å². The van der Waals surface area contributed by atoms with Crippen LogP contribution in [0.2, 0.25) is 0 Å². The molecule has 0 radical (unpaired) electrons. The number of benzene rings is 4. The zero-order valence-electron chi connectivity index (χ0n) is 24.5. The van der Waals surface area contributed by atoms with Crippen molar-refractivity contribution in [2.75, 3.05) is 0 Å². The molecule has 0 fully saturated rings. The Bertz CT molecular complexity index is 2580. The second kappa shape index (κ2) is 10.6. The van der Waals surface area contributed by atoms with E-state index < -0.39 is 0 Å². The number of hydrogen-bond donors (Lipinski definition) is 0. The summed E-state index contributed by atoms with van der Waals surface area (Å²) in [6.45, 7) is 0. The Morgan fingerprint density at radius 3 is 1.57 bits per heavy atom. The highest BCUT2D eigenvalue weighted by atomic mass is 14.8. The maximum atomic E-state index is 5.07. The SMILES string of the molecule is c1cnc2c(c1)ccc1ccc(-c3ccc(-c4ccc5ccc(-c6ccc7ccc(-c8ccncn8)nc7c6)cc5n4)cc3)nc12. The van der Waals surface area contributed by atoms with Gasteiger partial charge in [-0.3, -0.25) is 4.98 Å². The van der Waals surface area contributed by atoms with Crippen LogP contribution < -0.4 is 0 Å². The molecule has 9 aromatic rings. The monoisotopic (exact) mass is 588 g/mol. The van der Waals surface area contributed by atoms with Gasteiger partial charge in [-0.2, -0.15) is 0 Å². The van der Waals surface area contributed by atoms with E-state index in [4.69, 9.17) is 15.0 Å². The van der Waals surface area contributed by atoms with E-state index in [9.17, 15) is 0 Å². The van der Waals surface area contributed by atoms with Crippen LogP contribution in [0.25, 0.3) is 88.6 Å². The third-order valence-electron chi connectivity index (χ3n) is 8.47. The predicted octanol–water partition coefficient (Wildman–Crippen LogP) is 9.34. The van der Waals surface area contributed by atoms with Crippen LogP contribution in [0.5, 0.6) is 0 Å². The molecule has 0 aliphatic heterocycles. The molecule has 46 heavy (non-hydrogen) atoms. The molecule has 6 heteroatoms. The van der Waals surface area contributed by atoms with E-state index in [0.29, 0.717) is 0 Å². The summed E-state index contributed by atoms with van der Waals surface area (Å²) >= 11 is 0. The van der Waals surface area contributed by atoms with Gasteiger partial charge in [0.1, 0.15) is 6.33 Å². The highest BCUT2D eigenvalue weighted by Crippen LogP contribution is 2.31. The van der Waals surface area contributed by atoms with Crippen molar-refractivity contribution in [3.05, 3.63) is 146 Å². The molecule has 4 aromatic carbocycles. The molecule has 0 amide bonds. The lowest BCUT2D eigenvalue weighted by Crippen LogP contribution is -1.90. The normalized spacial score (nSPS) is 11.5. The van der Waals surface area contributed by atoms with Gasteiger partial charge in [0, 0.05) is 45.1 Å². The van der Waals surface area contributed by atoms with Crippen LogP contribution in [0.1, 0.15) is 0 Å². The first-order valence-corrected chi connectivity index (χ1v) is 15.1. The van der Waals surface area contributed by atoms with Crippen molar-refractivity contribution in [3.63, 3.8) is 0 Å². The predicted molar refractivity (Wildman–Crippen MR) is 185 cm³/mol. The molecule has 6 nitrogen and oxygen atoms in total. The van der Waals surface area contributed by atoms with Gasteiger partial charge in [-0.05, 0) is 53.6 Å². The van der Waals surface area contributed by atoms with Gasteiger partial charge in [-0.15, -0.1) is 0 Å². The average molecular weight is 589 g/mol. The highest BCUT2D eigenvalue weighted by Gasteiger charge is 2.10. The summed E-state index contributed by atoms with van der Waals surface area (Å²) in [4.78, 5) is 27.9. The standard InChI is InChI=1S/C40H24N6/c1-2-29-9-10-30-15-17-34(46-40(30)39(29)42-20-1)26-5-3-25(4-6-26)33-16-13-27-7-11-31(22-37(27)44-33)32-12-8-28-14-18-36(45-38(28)23-32)35-19-21-41-24-43-35/h1-24H. The fourth-order valence-electron chi connectivity index (χ4n) is 6.04. The minimum atomic E-state index is 0.803. The third kappa shape index (κ3) is 4.60. The zero-order chi connectivity index (χ0) is 30.5. The van der Waals surface area contributed by atoms with Gasteiger partial charge in [0.15, 0.2) is 0 Å². The summed E-state index contributed by atoms with van der Waals surface area (Å²) in [6.07, 6.45) is 5.10. The van der Waals surface area contributed by atoms with E-state index in [-0.39, 0.29) is 0 Å². The summed E-state index contributed by atoms with van der Waals surface area (Å²) in [7, 11) is 0. The lowest BCUT2D eigenvalue weighted by atomic mass is 10.0. The van der Waals surface area contributed by atoms with Crippen molar-refractivity contribution in [1.82, 2.24) is 29.9 Å². The first kappa shape index (κ1) is 26.0. The second-order valence-electron chi connectivity index (χ2n) is 11.3. The Kier molecular flexibility index (Phi) is 6.03. The van der Waals surface area contributed by atoms with Gasteiger partial charge in [0.05, 0.1) is 44.8 Å². The van der Waals surface area contributed by atoms with E-state index in [1.807, 2.05) is 24.4 Å². The van der Waals surface area contributed by atoms with Crippen molar-refractivity contribution in [1.29, 1.82) is 0 Å². The summed E-state index contributed by atoms with van der Waals surface area (Å²) < 4.78 is 0. The number of aromatic nitrogens is 6. The Morgan fingerprint density at radius 2 is 0.891 bits per heavy atom. The molecule has 0 bridgehead atoms. The van der Waals surface area contributed by atoms with Crippen molar-refractivity contribution in [3.8, 4) is 45.0 Å². The van der Waals surface area contributed by atoms with Gasteiger partial charge >= 0.3 is 0 Å². The Labute approximate surface area is 264 Å². The average Bonchev–Trinajstić information content (AvgIpc) is 3.14. The van der Waals surface area contributed by atoms with Crippen molar-refractivity contribution in [2.45, 2.75) is 0 Å². The van der Waals surface area contributed by atoms with Gasteiger partial charge in [-0.1, -0.05) is 84.9 Å². The summed E-state index contributed by atoms with van der Waals surface area (Å²) in [5, 5.41) is 4.34. The van der Waals surface area contributed by atoms with Crippen LogP contribution in [-0.4, -0.2) is 29.9 Å². The topological polar surface area (TPSA) is 77.3 Å². The van der Waals surface area contributed by atoms with E-state index >= 15 is 0 Å². The minimum absolute atomic E-state index is 0.803. The van der Waals surface area contributed by atoms with Crippen LogP contribution in [-0.2, 0) is 0 Å². The van der Waals surface area contributed by atoms with Crippen LogP contribution in [0.4, 0.5) is 0 Å². The Hall–Kier alpha value is -6.40. The van der Waals surface area contributed by atoms with Crippen LogP contribution >= 0.6 is 0 Å². The van der Waals surface area contributed by atoms with Gasteiger partial charge in [0.25, 0.3) is 0 Å². The molecule has 0 aliphatic carbocycles. The first-order valence-electron chi connectivity index (χ1n) is 15.1. The van der Waals surface area contributed by atoms with E-state index in [1.165, 1.54) is 0 Å². The lowest BCUT2D eigenvalue weighted by molar-refractivity contribution is 1.16. The molecule has 0 aliphatic rings. The molecule has 0 N–H and O–H groups in total. The maximum absolute atomic E-state index is 5.07.